The lowest BCUT2D eigenvalue weighted by molar-refractivity contribution is 0.414. The molecular formula is C17H18O. The quantitative estimate of drug-likeness (QED) is 0.775. The van der Waals surface area contributed by atoms with Gasteiger partial charge in [-0.2, -0.15) is 0 Å². The molecule has 18 heavy (non-hydrogen) atoms. The Morgan fingerprint density at radius 2 is 1.33 bits per heavy atom. The molecule has 0 N–H and O–H groups in total. The zero-order valence-corrected chi connectivity index (χ0v) is 10.9. The molecule has 1 aliphatic carbocycles. The van der Waals surface area contributed by atoms with Crippen LogP contribution in [0, 0.1) is 6.92 Å². The average Bonchev–Trinajstić information content (AvgIpc) is 3.20. The van der Waals surface area contributed by atoms with Crippen molar-refractivity contribution in [2.75, 3.05) is 7.11 Å². The Hall–Kier alpha value is -1.76. The highest BCUT2D eigenvalue weighted by Gasteiger charge is 2.39. The van der Waals surface area contributed by atoms with E-state index < -0.39 is 0 Å². The van der Waals surface area contributed by atoms with Crippen molar-refractivity contribution < 1.29 is 4.74 Å². The van der Waals surface area contributed by atoms with Crippen LogP contribution in [0.5, 0.6) is 5.75 Å². The van der Waals surface area contributed by atoms with Gasteiger partial charge in [-0.15, -0.1) is 0 Å². The second-order valence-corrected chi connectivity index (χ2v) is 5.13. The van der Waals surface area contributed by atoms with Gasteiger partial charge in [0.05, 0.1) is 7.11 Å². The first-order valence-electron chi connectivity index (χ1n) is 6.48. The maximum atomic E-state index is 5.19. The third-order valence-corrected chi connectivity index (χ3v) is 3.84. The fourth-order valence-corrected chi connectivity index (χ4v) is 2.60. The third kappa shape index (κ3) is 2.13. The van der Waals surface area contributed by atoms with E-state index in [-0.39, 0.29) is 0 Å². The van der Waals surface area contributed by atoms with Crippen molar-refractivity contribution in [3.63, 3.8) is 0 Å². The maximum Gasteiger partial charge on any atom is 0.118 e. The van der Waals surface area contributed by atoms with Crippen molar-refractivity contribution in [3.8, 4) is 5.75 Å². The summed E-state index contributed by atoms with van der Waals surface area (Å²) >= 11 is 0. The Morgan fingerprint density at radius 1 is 0.833 bits per heavy atom. The van der Waals surface area contributed by atoms with Crippen LogP contribution in [0.15, 0.2) is 48.5 Å². The molecule has 1 aliphatic rings. The molecule has 92 valence electrons. The summed E-state index contributed by atoms with van der Waals surface area (Å²) in [5.74, 6) is 2.34. The van der Waals surface area contributed by atoms with Gasteiger partial charge >= 0.3 is 0 Å². The molecule has 0 heterocycles. The molecule has 1 heteroatoms. The minimum Gasteiger partial charge on any atom is -0.497 e. The van der Waals surface area contributed by atoms with Crippen LogP contribution in [0.1, 0.15) is 34.9 Å². The van der Waals surface area contributed by atoms with Gasteiger partial charge in [0.2, 0.25) is 0 Å². The fourth-order valence-electron chi connectivity index (χ4n) is 2.60. The van der Waals surface area contributed by atoms with E-state index in [0.717, 1.165) is 5.75 Å². The first-order chi connectivity index (χ1) is 8.78. The summed E-state index contributed by atoms with van der Waals surface area (Å²) in [6, 6.07) is 17.4. The Kier molecular flexibility index (Phi) is 2.83. The zero-order valence-electron chi connectivity index (χ0n) is 10.9. The van der Waals surface area contributed by atoms with E-state index in [2.05, 4.69) is 55.5 Å². The highest BCUT2D eigenvalue weighted by atomic mass is 16.5. The van der Waals surface area contributed by atoms with E-state index in [4.69, 9.17) is 4.74 Å². The van der Waals surface area contributed by atoms with E-state index in [1.54, 1.807) is 7.11 Å². The molecule has 0 spiro atoms. The molecule has 0 radical (unpaired) electrons. The van der Waals surface area contributed by atoms with Crippen LogP contribution in [-0.2, 0) is 0 Å². The summed E-state index contributed by atoms with van der Waals surface area (Å²) in [5, 5.41) is 0. The molecule has 0 aromatic heterocycles. The first-order valence-corrected chi connectivity index (χ1v) is 6.48. The summed E-state index contributed by atoms with van der Waals surface area (Å²) in [6.07, 6.45) is 1.27. The SMILES string of the molecule is COc1ccc([C@@H]2C[C@H]2c2ccc(C)cc2)cc1. The second-order valence-electron chi connectivity index (χ2n) is 5.13. The normalized spacial score (nSPS) is 21.7. The van der Waals surface area contributed by atoms with Gasteiger partial charge in [0.1, 0.15) is 5.75 Å². The largest absolute Gasteiger partial charge is 0.497 e. The van der Waals surface area contributed by atoms with Crippen LogP contribution in [-0.4, -0.2) is 7.11 Å². The van der Waals surface area contributed by atoms with Crippen LogP contribution in [0.25, 0.3) is 0 Å². The van der Waals surface area contributed by atoms with E-state index in [0.29, 0.717) is 11.8 Å². The highest BCUT2D eigenvalue weighted by Crippen LogP contribution is 2.54. The molecule has 0 aliphatic heterocycles. The molecule has 0 unspecified atom stereocenters. The standard InChI is InChI=1S/C17H18O/c1-12-3-5-13(6-4-12)16-11-17(16)14-7-9-15(18-2)10-8-14/h3-10,16-17H,11H2,1-2H3/t16-,17-/m0/s1. The van der Waals surface area contributed by atoms with E-state index in [1.165, 1.54) is 23.1 Å². The summed E-state index contributed by atoms with van der Waals surface area (Å²) in [7, 11) is 1.71. The predicted molar refractivity (Wildman–Crippen MR) is 74.3 cm³/mol. The molecular weight excluding hydrogens is 220 g/mol. The topological polar surface area (TPSA) is 9.23 Å². The Balaban J connectivity index is 1.74. The van der Waals surface area contributed by atoms with Crippen molar-refractivity contribution in [1.29, 1.82) is 0 Å². The summed E-state index contributed by atoms with van der Waals surface area (Å²) < 4.78 is 5.19. The smallest absolute Gasteiger partial charge is 0.118 e. The van der Waals surface area contributed by atoms with Crippen molar-refractivity contribution in [2.24, 2.45) is 0 Å². The molecule has 1 fully saturated rings. The third-order valence-electron chi connectivity index (χ3n) is 3.84. The van der Waals surface area contributed by atoms with Gasteiger partial charge in [-0.3, -0.25) is 0 Å². The lowest BCUT2D eigenvalue weighted by Gasteiger charge is -2.04. The van der Waals surface area contributed by atoms with Crippen molar-refractivity contribution in [3.05, 3.63) is 65.2 Å². The number of hydrogen-bond donors (Lipinski definition) is 0. The molecule has 0 bridgehead atoms. The maximum absolute atomic E-state index is 5.19. The summed E-state index contributed by atoms with van der Waals surface area (Å²) in [6.45, 7) is 2.14. The molecule has 1 nitrogen and oxygen atoms in total. The fraction of sp³-hybridized carbons (Fsp3) is 0.294. The van der Waals surface area contributed by atoms with Crippen LogP contribution in [0.2, 0.25) is 0 Å². The number of benzene rings is 2. The molecule has 2 aromatic rings. The van der Waals surface area contributed by atoms with E-state index >= 15 is 0 Å². The summed E-state index contributed by atoms with van der Waals surface area (Å²) in [5.41, 5.74) is 4.24. The molecule has 0 amide bonds. The van der Waals surface area contributed by atoms with Gasteiger partial charge in [-0.05, 0) is 48.4 Å². The van der Waals surface area contributed by atoms with Gasteiger partial charge in [-0.1, -0.05) is 42.0 Å². The molecule has 0 saturated heterocycles. The van der Waals surface area contributed by atoms with Crippen LogP contribution in [0.3, 0.4) is 0 Å². The molecule has 2 atom stereocenters. The second kappa shape index (κ2) is 4.49. The van der Waals surface area contributed by atoms with Crippen molar-refractivity contribution in [1.82, 2.24) is 0 Å². The Morgan fingerprint density at radius 3 is 1.83 bits per heavy atom. The van der Waals surface area contributed by atoms with Crippen LogP contribution < -0.4 is 4.74 Å². The zero-order chi connectivity index (χ0) is 12.5. The van der Waals surface area contributed by atoms with Gasteiger partial charge in [0.25, 0.3) is 0 Å². The molecule has 1 saturated carbocycles. The lowest BCUT2D eigenvalue weighted by atomic mass is 10.0. The Labute approximate surface area is 108 Å². The molecule has 3 rings (SSSR count). The predicted octanol–water partition coefficient (Wildman–Crippen LogP) is 4.27. The summed E-state index contributed by atoms with van der Waals surface area (Å²) in [4.78, 5) is 0. The minimum atomic E-state index is 0.693. The van der Waals surface area contributed by atoms with Gasteiger partial charge in [-0.25, -0.2) is 0 Å². The van der Waals surface area contributed by atoms with Gasteiger partial charge in [0, 0.05) is 0 Å². The number of rotatable bonds is 3. The number of aryl methyl sites for hydroxylation is 1. The van der Waals surface area contributed by atoms with Gasteiger partial charge in [0.15, 0.2) is 0 Å². The average molecular weight is 238 g/mol. The van der Waals surface area contributed by atoms with Crippen LogP contribution in [0.4, 0.5) is 0 Å². The Bertz CT molecular complexity index is 525. The van der Waals surface area contributed by atoms with Gasteiger partial charge < -0.3 is 4.74 Å². The number of methoxy groups -OCH3 is 1. The van der Waals surface area contributed by atoms with E-state index in [9.17, 15) is 0 Å². The number of hydrogen-bond acceptors (Lipinski definition) is 1. The number of ether oxygens (including phenoxy) is 1. The van der Waals surface area contributed by atoms with Crippen molar-refractivity contribution in [2.45, 2.75) is 25.2 Å². The van der Waals surface area contributed by atoms with Crippen LogP contribution >= 0.6 is 0 Å². The minimum absolute atomic E-state index is 0.693. The highest BCUT2D eigenvalue weighted by molar-refractivity contribution is 5.39. The van der Waals surface area contributed by atoms with Crippen molar-refractivity contribution >= 4 is 0 Å². The first kappa shape index (κ1) is 11.3. The van der Waals surface area contributed by atoms with E-state index in [1.807, 2.05) is 0 Å². The molecule has 2 aromatic carbocycles. The lowest BCUT2D eigenvalue weighted by Crippen LogP contribution is -1.86. The monoisotopic (exact) mass is 238 g/mol.